The summed E-state index contributed by atoms with van der Waals surface area (Å²) in [5.74, 6) is -3.04. The van der Waals surface area contributed by atoms with Crippen LogP contribution >= 0.6 is 0 Å². The van der Waals surface area contributed by atoms with E-state index in [-0.39, 0.29) is 6.61 Å². The largest absolute Gasteiger partial charge is 0.479 e. The van der Waals surface area contributed by atoms with Crippen molar-refractivity contribution in [3.63, 3.8) is 0 Å². The van der Waals surface area contributed by atoms with Crippen LogP contribution in [0.2, 0.25) is 0 Å². The fourth-order valence-corrected chi connectivity index (χ4v) is 2.93. The molecular formula is C20H38O6. The van der Waals surface area contributed by atoms with E-state index in [2.05, 4.69) is 6.92 Å². The van der Waals surface area contributed by atoms with Crippen LogP contribution in [0.3, 0.4) is 0 Å². The van der Waals surface area contributed by atoms with Gasteiger partial charge in [0.25, 0.3) is 0 Å². The Hall–Kier alpha value is -1.14. The van der Waals surface area contributed by atoms with E-state index in [9.17, 15) is 14.7 Å². The molecule has 0 bridgehead atoms. The molecule has 2 atom stereocenters. The third-order valence-electron chi connectivity index (χ3n) is 4.58. The number of hydrogen-bond donors (Lipinski definition) is 3. The minimum absolute atomic E-state index is 0.152. The fourth-order valence-electron chi connectivity index (χ4n) is 2.93. The van der Waals surface area contributed by atoms with E-state index in [4.69, 9.17) is 14.9 Å². The van der Waals surface area contributed by atoms with E-state index in [1.165, 1.54) is 64.2 Å². The molecule has 0 aromatic heterocycles. The molecule has 0 aliphatic rings. The van der Waals surface area contributed by atoms with E-state index in [0.29, 0.717) is 6.42 Å². The summed E-state index contributed by atoms with van der Waals surface area (Å²) in [5, 5.41) is 26.8. The van der Waals surface area contributed by atoms with E-state index in [1.807, 2.05) is 0 Å². The molecule has 154 valence electrons. The molecule has 0 saturated heterocycles. The first-order chi connectivity index (χ1) is 12.5. The molecule has 0 fully saturated rings. The smallest absolute Gasteiger partial charge is 0.336 e. The van der Waals surface area contributed by atoms with Gasteiger partial charge >= 0.3 is 11.9 Å². The molecule has 0 aliphatic heterocycles. The average Bonchev–Trinajstić information content (AvgIpc) is 2.60. The quantitative estimate of drug-likeness (QED) is 0.290. The maximum absolute atomic E-state index is 10.9. The van der Waals surface area contributed by atoms with Crippen LogP contribution in [0.1, 0.15) is 96.8 Å². The van der Waals surface area contributed by atoms with E-state index in [1.54, 1.807) is 0 Å². The molecule has 0 radical (unpaired) electrons. The van der Waals surface area contributed by atoms with Crippen molar-refractivity contribution in [1.82, 2.24) is 0 Å². The molecule has 0 rings (SSSR count). The van der Waals surface area contributed by atoms with Crippen LogP contribution in [0, 0.1) is 0 Å². The minimum Gasteiger partial charge on any atom is -0.479 e. The standard InChI is InChI=1S/C20H38O6/c1-2-3-4-5-6-7-8-9-10-11-12-13-14-15-16-26-18(20(24)25)17(21)19(22)23/h17-18,21H,2-16H2,1H3,(H,22,23)(H,24,25). The van der Waals surface area contributed by atoms with Crippen molar-refractivity contribution in [2.45, 2.75) is 109 Å². The lowest BCUT2D eigenvalue weighted by atomic mass is 10.0. The summed E-state index contributed by atoms with van der Waals surface area (Å²) in [6.07, 6.45) is 13.4. The van der Waals surface area contributed by atoms with Crippen molar-refractivity contribution >= 4 is 11.9 Å². The molecule has 6 heteroatoms. The van der Waals surface area contributed by atoms with E-state index in [0.717, 1.165) is 19.3 Å². The monoisotopic (exact) mass is 374 g/mol. The highest BCUT2D eigenvalue weighted by Crippen LogP contribution is 2.13. The normalized spacial score (nSPS) is 13.5. The third kappa shape index (κ3) is 14.1. The number of carboxylic acid groups (broad SMARTS) is 2. The first-order valence-corrected chi connectivity index (χ1v) is 10.3. The number of unbranched alkanes of at least 4 members (excludes halogenated alkanes) is 13. The van der Waals surface area contributed by atoms with Crippen molar-refractivity contribution < 1.29 is 29.6 Å². The van der Waals surface area contributed by atoms with E-state index < -0.39 is 24.1 Å². The maximum Gasteiger partial charge on any atom is 0.336 e. The van der Waals surface area contributed by atoms with Crippen molar-refractivity contribution in [3.05, 3.63) is 0 Å². The molecule has 3 N–H and O–H groups in total. The molecule has 6 nitrogen and oxygen atoms in total. The van der Waals surface area contributed by atoms with Gasteiger partial charge < -0.3 is 20.1 Å². The van der Waals surface area contributed by atoms with Crippen molar-refractivity contribution in [2.75, 3.05) is 6.61 Å². The van der Waals surface area contributed by atoms with Gasteiger partial charge in [0.1, 0.15) is 0 Å². The minimum atomic E-state index is -2.03. The van der Waals surface area contributed by atoms with Crippen LogP contribution in [-0.4, -0.2) is 46.1 Å². The Morgan fingerprint density at radius 2 is 1.08 bits per heavy atom. The van der Waals surface area contributed by atoms with Gasteiger partial charge in [0.05, 0.1) is 0 Å². The number of ether oxygens (including phenoxy) is 1. The predicted octanol–water partition coefficient (Wildman–Crippen LogP) is 4.38. The van der Waals surface area contributed by atoms with Gasteiger partial charge in [-0.1, -0.05) is 90.4 Å². The van der Waals surface area contributed by atoms with Gasteiger partial charge in [0.2, 0.25) is 0 Å². The average molecular weight is 375 g/mol. The first kappa shape index (κ1) is 24.9. The van der Waals surface area contributed by atoms with Crippen LogP contribution in [0.5, 0.6) is 0 Å². The summed E-state index contributed by atoms with van der Waals surface area (Å²) in [7, 11) is 0. The highest BCUT2D eigenvalue weighted by molar-refractivity contribution is 5.83. The van der Waals surface area contributed by atoms with Gasteiger partial charge in [-0.05, 0) is 6.42 Å². The van der Waals surface area contributed by atoms with Crippen LogP contribution in [0.25, 0.3) is 0 Å². The molecule has 0 heterocycles. The highest BCUT2D eigenvalue weighted by atomic mass is 16.5. The molecule has 0 saturated carbocycles. The fraction of sp³-hybridized carbons (Fsp3) is 0.900. The van der Waals surface area contributed by atoms with Crippen molar-refractivity contribution in [2.24, 2.45) is 0 Å². The van der Waals surface area contributed by atoms with Gasteiger partial charge in [-0.2, -0.15) is 0 Å². The van der Waals surface area contributed by atoms with E-state index >= 15 is 0 Å². The van der Waals surface area contributed by atoms with Gasteiger partial charge in [0, 0.05) is 6.61 Å². The summed E-state index contributed by atoms with van der Waals surface area (Å²) in [4.78, 5) is 21.5. The topological polar surface area (TPSA) is 104 Å². The Labute approximate surface area is 157 Å². The van der Waals surface area contributed by atoms with Gasteiger partial charge in [0.15, 0.2) is 12.2 Å². The SMILES string of the molecule is CCCCCCCCCCCCCCCCOC(C(=O)O)C(O)C(=O)O. The van der Waals surface area contributed by atoms with Gasteiger partial charge in [-0.15, -0.1) is 0 Å². The Bertz CT molecular complexity index is 358. The third-order valence-corrected chi connectivity index (χ3v) is 4.58. The number of carbonyl (C=O) groups is 2. The first-order valence-electron chi connectivity index (χ1n) is 10.3. The molecule has 26 heavy (non-hydrogen) atoms. The molecule has 0 spiro atoms. The number of rotatable bonds is 19. The lowest BCUT2D eigenvalue weighted by molar-refractivity contribution is -0.171. The summed E-state index contributed by atoms with van der Waals surface area (Å²) in [6, 6.07) is 0. The molecule has 0 aliphatic carbocycles. The summed E-state index contributed by atoms with van der Waals surface area (Å²) >= 11 is 0. The second-order valence-electron chi connectivity index (χ2n) is 7.01. The second-order valence-corrected chi connectivity index (χ2v) is 7.01. The van der Waals surface area contributed by atoms with Crippen LogP contribution < -0.4 is 0 Å². The predicted molar refractivity (Wildman–Crippen MR) is 101 cm³/mol. The van der Waals surface area contributed by atoms with Crippen molar-refractivity contribution in [3.8, 4) is 0 Å². The van der Waals surface area contributed by atoms with Crippen molar-refractivity contribution in [1.29, 1.82) is 0 Å². The number of carboxylic acids is 2. The molecule has 0 amide bonds. The summed E-state index contributed by atoms with van der Waals surface area (Å²) in [5.41, 5.74) is 0. The number of aliphatic carboxylic acids is 2. The lowest BCUT2D eigenvalue weighted by Crippen LogP contribution is -2.41. The Morgan fingerprint density at radius 3 is 1.42 bits per heavy atom. The Kier molecular flexibility index (Phi) is 16.5. The zero-order valence-electron chi connectivity index (χ0n) is 16.3. The highest BCUT2D eigenvalue weighted by Gasteiger charge is 2.32. The molecule has 2 unspecified atom stereocenters. The zero-order chi connectivity index (χ0) is 19.6. The summed E-state index contributed by atoms with van der Waals surface area (Å²) in [6.45, 7) is 2.39. The maximum atomic E-state index is 10.9. The number of hydrogen-bond acceptors (Lipinski definition) is 4. The van der Waals surface area contributed by atoms with Crippen LogP contribution in [0.4, 0.5) is 0 Å². The Morgan fingerprint density at radius 1 is 0.692 bits per heavy atom. The zero-order valence-corrected chi connectivity index (χ0v) is 16.3. The van der Waals surface area contributed by atoms with Crippen LogP contribution in [0.15, 0.2) is 0 Å². The number of aliphatic hydroxyl groups excluding tert-OH is 1. The summed E-state index contributed by atoms with van der Waals surface area (Å²) < 4.78 is 5.00. The number of aliphatic hydroxyl groups is 1. The second kappa shape index (κ2) is 17.3. The van der Waals surface area contributed by atoms with Gasteiger partial charge in [-0.3, -0.25) is 0 Å². The molecule has 0 aromatic carbocycles. The Balaban J connectivity index is 3.40. The molecular weight excluding hydrogens is 336 g/mol. The lowest BCUT2D eigenvalue weighted by Gasteiger charge is -2.16. The van der Waals surface area contributed by atoms with Crippen LogP contribution in [-0.2, 0) is 14.3 Å². The van der Waals surface area contributed by atoms with Gasteiger partial charge in [-0.25, -0.2) is 9.59 Å². The molecule has 0 aromatic rings.